The monoisotopic (exact) mass is 704 g/mol. The molecule has 4 aromatic rings. The Hall–Kier alpha value is -3.67. The predicted octanol–water partition coefficient (Wildman–Crippen LogP) is 4.73. The molecule has 246 valence electrons. The van der Waals surface area contributed by atoms with E-state index in [2.05, 4.69) is 19.8 Å². The molecule has 1 aromatic carbocycles. The first-order valence-electron chi connectivity index (χ1n) is 14.7. The van der Waals surface area contributed by atoms with Crippen LogP contribution in [0.1, 0.15) is 53.8 Å². The van der Waals surface area contributed by atoms with Crippen LogP contribution in [-0.2, 0) is 15.8 Å². The molecule has 3 aromatic heterocycles. The van der Waals surface area contributed by atoms with E-state index in [4.69, 9.17) is 16.6 Å². The van der Waals surface area contributed by atoms with Crippen LogP contribution in [0.15, 0.2) is 77.1 Å². The van der Waals surface area contributed by atoms with Crippen molar-refractivity contribution >= 4 is 44.6 Å². The minimum Gasteiger partial charge on any atom is -0.383 e. The van der Waals surface area contributed by atoms with Gasteiger partial charge in [-0.25, -0.2) is 14.1 Å². The highest BCUT2D eigenvalue weighted by molar-refractivity contribution is 7.87. The average molecular weight is 705 g/mol. The van der Waals surface area contributed by atoms with Crippen molar-refractivity contribution in [1.82, 2.24) is 33.7 Å². The highest BCUT2D eigenvalue weighted by atomic mass is 35.5. The van der Waals surface area contributed by atoms with Crippen LogP contribution >= 0.6 is 22.9 Å². The van der Waals surface area contributed by atoms with E-state index in [-0.39, 0.29) is 49.6 Å². The summed E-state index contributed by atoms with van der Waals surface area (Å²) in [4.78, 5) is 15.5. The van der Waals surface area contributed by atoms with Crippen molar-refractivity contribution in [1.29, 1.82) is 0 Å². The van der Waals surface area contributed by atoms with Crippen LogP contribution in [0.25, 0.3) is 5.57 Å². The number of hydrogen-bond donors (Lipinski definition) is 2. The first kappa shape index (κ1) is 31.9. The highest BCUT2D eigenvalue weighted by Gasteiger charge is 2.44. The van der Waals surface area contributed by atoms with Crippen molar-refractivity contribution in [2.24, 2.45) is 4.99 Å². The number of fused-ring (bicyclic) bond motifs is 1. The number of pyridine rings is 1. The number of alkyl halides is 2. The summed E-state index contributed by atoms with van der Waals surface area (Å²) in [5.41, 5.74) is 0.929. The van der Waals surface area contributed by atoms with Gasteiger partial charge in [-0.2, -0.15) is 31.3 Å². The molecule has 0 spiro atoms. The van der Waals surface area contributed by atoms with Crippen LogP contribution in [0.5, 0.6) is 0 Å². The van der Waals surface area contributed by atoms with Gasteiger partial charge in [0.05, 0.1) is 11.4 Å². The van der Waals surface area contributed by atoms with Crippen molar-refractivity contribution in [2.75, 3.05) is 19.6 Å². The second-order valence-corrected chi connectivity index (χ2v) is 14.5. The summed E-state index contributed by atoms with van der Waals surface area (Å²) in [7, 11) is -4.01. The second kappa shape index (κ2) is 12.4. The predicted molar refractivity (Wildman–Crippen MR) is 169 cm³/mol. The van der Waals surface area contributed by atoms with Crippen LogP contribution in [0.4, 0.5) is 13.2 Å². The lowest BCUT2D eigenvalue weighted by molar-refractivity contribution is -0.0136. The van der Waals surface area contributed by atoms with Crippen LogP contribution in [0, 0.1) is 5.82 Å². The molecule has 0 unspecified atom stereocenters. The molecule has 2 saturated heterocycles. The summed E-state index contributed by atoms with van der Waals surface area (Å²) in [6.07, 6.45) is 4.87. The van der Waals surface area contributed by atoms with Crippen molar-refractivity contribution in [2.45, 2.75) is 43.5 Å². The number of amidine groups is 1. The number of aromatic nitrogens is 4. The number of halogens is 4. The molecule has 0 aliphatic carbocycles. The molecule has 2 N–H and O–H groups in total. The van der Waals surface area contributed by atoms with E-state index in [9.17, 15) is 26.7 Å². The Morgan fingerprint density at radius 1 is 1.11 bits per heavy atom. The molecule has 0 radical (unpaired) electrons. The standard InChI is InChI=1S/C30H28ClF3N8O3S2/c31-21-15-18(32)4-5-20(21)26-25(22-6-11-42(38-22)29(33)34)23-16-19(17-41(23)27(37-26)28-36-10-14-46-28)39-47(44,45)40-12-7-30(43,8-13-40)24-3-1-2-9-35-24/h1-6,9-11,14-15,19,26,29,39,43H,7-8,12-13,16-17H2/t19-,26-/m0/s1. The zero-order valence-electron chi connectivity index (χ0n) is 24.5. The molecular weight excluding hydrogens is 677 g/mol. The van der Waals surface area contributed by atoms with E-state index in [1.165, 1.54) is 33.8 Å². The number of aliphatic hydroxyl groups is 1. The Balaban J connectivity index is 1.23. The lowest BCUT2D eigenvalue weighted by Crippen LogP contribution is -2.51. The van der Waals surface area contributed by atoms with Gasteiger partial charge in [0.15, 0.2) is 10.8 Å². The summed E-state index contributed by atoms with van der Waals surface area (Å²) in [6, 6.07) is 9.05. The number of rotatable bonds is 8. The van der Waals surface area contributed by atoms with Crippen LogP contribution < -0.4 is 4.72 Å². The van der Waals surface area contributed by atoms with Gasteiger partial charge in [-0.3, -0.25) is 9.98 Å². The number of aliphatic imine (C=N–C) groups is 1. The zero-order valence-corrected chi connectivity index (χ0v) is 26.9. The minimum atomic E-state index is -4.01. The first-order chi connectivity index (χ1) is 22.5. The number of piperidine rings is 1. The number of hydrogen-bond acceptors (Lipinski definition) is 9. The Kier molecular flexibility index (Phi) is 8.42. The van der Waals surface area contributed by atoms with Gasteiger partial charge in [-0.15, -0.1) is 11.3 Å². The number of thiazole rings is 1. The lowest BCUT2D eigenvalue weighted by Gasteiger charge is -2.37. The topological polar surface area (TPSA) is 129 Å². The van der Waals surface area contributed by atoms with E-state index in [0.29, 0.717) is 38.1 Å². The Bertz CT molecular complexity index is 1950. The molecule has 3 aliphatic rings. The van der Waals surface area contributed by atoms with Gasteiger partial charge in [0.2, 0.25) is 0 Å². The number of benzene rings is 1. The molecule has 0 bridgehead atoms. The fourth-order valence-electron chi connectivity index (χ4n) is 6.31. The third-order valence-electron chi connectivity index (χ3n) is 8.57. The fourth-order valence-corrected chi connectivity index (χ4v) is 8.61. The third kappa shape index (κ3) is 6.09. The third-order valence-corrected chi connectivity index (χ3v) is 11.3. The average Bonchev–Trinajstić information content (AvgIpc) is 3.83. The molecular formula is C30H28ClF3N8O3S2. The van der Waals surface area contributed by atoms with E-state index in [1.807, 2.05) is 4.90 Å². The molecule has 47 heavy (non-hydrogen) atoms. The van der Waals surface area contributed by atoms with E-state index < -0.39 is 40.3 Å². The van der Waals surface area contributed by atoms with Gasteiger partial charge in [-0.1, -0.05) is 23.7 Å². The van der Waals surface area contributed by atoms with Crippen LogP contribution in [-0.4, -0.2) is 74.0 Å². The quantitative estimate of drug-likeness (QED) is 0.272. The van der Waals surface area contributed by atoms with Gasteiger partial charge in [0.1, 0.15) is 17.5 Å². The summed E-state index contributed by atoms with van der Waals surface area (Å²) >= 11 is 7.85. The van der Waals surface area contributed by atoms with Gasteiger partial charge in [0.25, 0.3) is 10.2 Å². The molecule has 0 amide bonds. The maximum atomic E-state index is 14.1. The minimum absolute atomic E-state index is 0.0782. The van der Waals surface area contributed by atoms with Crippen molar-refractivity contribution in [3.8, 4) is 0 Å². The van der Waals surface area contributed by atoms with Crippen LogP contribution in [0.3, 0.4) is 0 Å². The summed E-state index contributed by atoms with van der Waals surface area (Å²) in [5.74, 6) is -0.111. The van der Waals surface area contributed by atoms with E-state index in [1.54, 1.807) is 36.0 Å². The first-order valence-corrected chi connectivity index (χ1v) is 17.4. The molecule has 7 rings (SSSR count). The Morgan fingerprint density at radius 3 is 2.57 bits per heavy atom. The zero-order chi connectivity index (χ0) is 32.9. The van der Waals surface area contributed by atoms with E-state index in [0.717, 1.165) is 12.3 Å². The molecule has 6 heterocycles. The number of nitrogens with zero attached hydrogens (tertiary/aromatic N) is 7. The van der Waals surface area contributed by atoms with Gasteiger partial charge in [-0.05, 0) is 43.2 Å². The second-order valence-electron chi connectivity index (χ2n) is 11.5. The summed E-state index contributed by atoms with van der Waals surface area (Å²) in [6.45, 7) is -2.56. The van der Waals surface area contributed by atoms with Crippen molar-refractivity contribution in [3.63, 3.8) is 0 Å². The molecule has 3 aliphatic heterocycles. The largest absolute Gasteiger partial charge is 0.383 e. The Labute approximate surface area is 277 Å². The Morgan fingerprint density at radius 2 is 1.91 bits per heavy atom. The normalized spacial score (nSPS) is 21.7. The highest BCUT2D eigenvalue weighted by Crippen LogP contribution is 2.46. The van der Waals surface area contributed by atoms with Crippen molar-refractivity contribution in [3.05, 3.63) is 105 Å². The van der Waals surface area contributed by atoms with Crippen LogP contribution in [0.2, 0.25) is 5.02 Å². The van der Waals surface area contributed by atoms with Gasteiger partial charge < -0.3 is 10.0 Å². The maximum absolute atomic E-state index is 14.1. The van der Waals surface area contributed by atoms with Gasteiger partial charge in [0, 0.05) is 77.9 Å². The lowest BCUT2D eigenvalue weighted by atomic mass is 9.89. The molecule has 0 saturated carbocycles. The van der Waals surface area contributed by atoms with Crippen molar-refractivity contribution < 1.29 is 26.7 Å². The smallest absolute Gasteiger partial charge is 0.333 e. The summed E-state index contributed by atoms with van der Waals surface area (Å²) < 4.78 is 73.4. The fraction of sp³-hybridized carbons (Fsp3) is 0.333. The SMILES string of the molecule is O=S(=O)(N[C@H]1CC2=C(c3ccn(C(F)F)n3)[C@H](c3ccc(F)cc3Cl)N=C(c3nccs3)N2C1)N1CCC(O)(c2ccccn2)CC1. The number of nitrogens with one attached hydrogen (secondary N) is 1. The molecule has 11 nitrogen and oxygen atoms in total. The van der Waals surface area contributed by atoms with Gasteiger partial charge >= 0.3 is 6.55 Å². The summed E-state index contributed by atoms with van der Waals surface area (Å²) in [5, 5.41) is 17.7. The van der Waals surface area contributed by atoms with E-state index >= 15 is 0 Å². The maximum Gasteiger partial charge on any atom is 0.333 e. The molecule has 17 heteroatoms. The molecule has 2 fully saturated rings. The molecule has 2 atom stereocenters.